The number of rotatable bonds is 7. The number of halogens is 1. The van der Waals surface area contributed by atoms with Crippen LogP contribution in [0.25, 0.3) is 0 Å². The summed E-state index contributed by atoms with van der Waals surface area (Å²) >= 11 is 5.92. The molecule has 0 aliphatic heterocycles. The highest BCUT2D eigenvalue weighted by molar-refractivity contribution is 7.89. The predicted octanol–water partition coefficient (Wildman–Crippen LogP) is 1.73. The third-order valence-corrected chi connectivity index (χ3v) is 4.16. The fourth-order valence-electron chi connectivity index (χ4n) is 1.62. The number of carbonyl (C=O) groups is 1. The minimum absolute atomic E-state index is 0.00436. The van der Waals surface area contributed by atoms with Gasteiger partial charge >= 0.3 is 0 Å². The zero-order valence-electron chi connectivity index (χ0n) is 11.5. The maximum Gasteiger partial charge on any atom is 0.297 e. The van der Waals surface area contributed by atoms with Gasteiger partial charge in [-0.3, -0.25) is 4.79 Å². The first kappa shape index (κ1) is 16.3. The molecule has 0 bridgehead atoms. The Labute approximate surface area is 132 Å². The first-order valence-corrected chi connectivity index (χ1v) is 8.27. The molecule has 0 atom stereocenters. The summed E-state index contributed by atoms with van der Waals surface area (Å²) in [5, 5.41) is 0.181. The number of benzene rings is 1. The van der Waals surface area contributed by atoms with Crippen molar-refractivity contribution in [1.82, 2.24) is 14.7 Å². The van der Waals surface area contributed by atoms with Crippen LogP contribution >= 0.6 is 11.6 Å². The molecule has 9 heteroatoms. The molecule has 0 saturated carbocycles. The smallest absolute Gasteiger partial charge is 0.297 e. The molecule has 1 aromatic heterocycles. The van der Waals surface area contributed by atoms with Crippen LogP contribution in [0.3, 0.4) is 0 Å². The van der Waals surface area contributed by atoms with Crippen molar-refractivity contribution in [3.05, 3.63) is 41.7 Å². The zero-order valence-corrected chi connectivity index (χ0v) is 13.0. The molecule has 0 saturated heterocycles. The average Bonchev–Trinajstić information content (AvgIpc) is 3.00. The largest absolute Gasteiger partial charge is 0.492 e. The van der Waals surface area contributed by atoms with E-state index in [0.717, 1.165) is 0 Å². The number of sulfonamides is 1. The van der Waals surface area contributed by atoms with E-state index in [0.29, 0.717) is 17.2 Å². The standard InChI is InChI=1S/C13H14ClN3O4S/c14-10-4-1-2-5-11(10)21-9-3-6-12(18)17-22(19,20)13-15-7-8-16-13/h1-2,4-5,7-8H,3,6,9H2,(H,15,16)(H,17,18). The number of hydrogen-bond donors (Lipinski definition) is 2. The number of H-pyrrole nitrogens is 1. The lowest BCUT2D eigenvalue weighted by atomic mass is 10.3. The Morgan fingerprint density at radius 1 is 1.36 bits per heavy atom. The predicted molar refractivity (Wildman–Crippen MR) is 80.1 cm³/mol. The lowest BCUT2D eigenvalue weighted by Gasteiger charge is -2.08. The van der Waals surface area contributed by atoms with Crippen LogP contribution < -0.4 is 9.46 Å². The van der Waals surface area contributed by atoms with Crippen LogP contribution in [0.1, 0.15) is 12.8 Å². The molecule has 0 spiro atoms. The Balaban J connectivity index is 1.76. The summed E-state index contributed by atoms with van der Waals surface area (Å²) in [6.45, 7) is 0.248. The van der Waals surface area contributed by atoms with Crippen molar-refractivity contribution in [1.29, 1.82) is 0 Å². The molecule has 0 aliphatic carbocycles. The van der Waals surface area contributed by atoms with E-state index in [9.17, 15) is 13.2 Å². The number of aromatic nitrogens is 2. The van der Waals surface area contributed by atoms with E-state index in [2.05, 4.69) is 9.97 Å². The number of carbonyl (C=O) groups excluding carboxylic acids is 1. The molecular weight excluding hydrogens is 330 g/mol. The van der Waals surface area contributed by atoms with E-state index in [1.807, 2.05) is 4.72 Å². The van der Waals surface area contributed by atoms with Gasteiger partial charge in [0.05, 0.1) is 11.6 Å². The summed E-state index contributed by atoms with van der Waals surface area (Å²) in [5.41, 5.74) is 0. The molecule has 2 N–H and O–H groups in total. The molecule has 1 aromatic carbocycles. The van der Waals surface area contributed by atoms with E-state index in [4.69, 9.17) is 16.3 Å². The van der Waals surface area contributed by atoms with Gasteiger partial charge < -0.3 is 9.72 Å². The molecule has 2 aromatic rings. The number of amides is 1. The first-order valence-electron chi connectivity index (χ1n) is 6.41. The Kier molecular flexibility index (Phi) is 5.40. The van der Waals surface area contributed by atoms with Crippen LogP contribution in [0.2, 0.25) is 5.02 Å². The number of para-hydroxylation sites is 1. The zero-order chi connectivity index (χ0) is 16.0. The average molecular weight is 344 g/mol. The minimum Gasteiger partial charge on any atom is -0.492 e. The second kappa shape index (κ2) is 7.28. The van der Waals surface area contributed by atoms with Gasteiger partial charge in [-0.05, 0) is 18.6 Å². The van der Waals surface area contributed by atoms with Crippen molar-refractivity contribution in [2.45, 2.75) is 18.0 Å². The number of nitrogens with zero attached hydrogens (tertiary/aromatic N) is 1. The third kappa shape index (κ3) is 4.47. The quantitative estimate of drug-likeness (QED) is 0.745. The van der Waals surface area contributed by atoms with Crippen molar-refractivity contribution < 1.29 is 17.9 Å². The lowest BCUT2D eigenvalue weighted by Crippen LogP contribution is -2.31. The summed E-state index contributed by atoms with van der Waals surface area (Å²) in [7, 11) is -3.94. The molecule has 0 fully saturated rings. The van der Waals surface area contributed by atoms with Crippen LogP contribution in [0.15, 0.2) is 41.8 Å². The third-order valence-electron chi connectivity index (χ3n) is 2.62. The number of hydrogen-bond acceptors (Lipinski definition) is 5. The number of ether oxygens (including phenoxy) is 1. The van der Waals surface area contributed by atoms with Crippen LogP contribution in [0.4, 0.5) is 0 Å². The van der Waals surface area contributed by atoms with E-state index in [1.54, 1.807) is 24.3 Å². The highest BCUT2D eigenvalue weighted by atomic mass is 35.5. The molecule has 22 heavy (non-hydrogen) atoms. The van der Waals surface area contributed by atoms with Gasteiger partial charge in [-0.2, -0.15) is 8.42 Å². The van der Waals surface area contributed by atoms with E-state index >= 15 is 0 Å². The van der Waals surface area contributed by atoms with Gasteiger partial charge in [0.1, 0.15) is 5.75 Å². The molecular formula is C13H14ClN3O4S. The highest BCUT2D eigenvalue weighted by Crippen LogP contribution is 2.23. The topological polar surface area (TPSA) is 101 Å². The van der Waals surface area contributed by atoms with Crippen molar-refractivity contribution in [3.63, 3.8) is 0 Å². The van der Waals surface area contributed by atoms with Gasteiger partial charge in [-0.25, -0.2) is 9.71 Å². The Morgan fingerprint density at radius 3 is 2.82 bits per heavy atom. The van der Waals surface area contributed by atoms with E-state index in [1.165, 1.54) is 12.4 Å². The van der Waals surface area contributed by atoms with Gasteiger partial charge in [0.25, 0.3) is 10.0 Å². The summed E-state index contributed by atoms with van der Waals surface area (Å²) < 4.78 is 30.8. The van der Waals surface area contributed by atoms with Crippen molar-refractivity contribution in [2.75, 3.05) is 6.61 Å². The summed E-state index contributed by atoms with van der Waals surface area (Å²) in [6, 6.07) is 6.97. The SMILES string of the molecule is O=C(CCCOc1ccccc1Cl)NS(=O)(=O)c1ncc[nH]1. The summed E-state index contributed by atoms with van der Waals surface area (Å²) in [4.78, 5) is 17.6. The Morgan fingerprint density at radius 2 is 2.14 bits per heavy atom. The molecule has 118 valence electrons. The van der Waals surface area contributed by atoms with Crippen molar-refractivity contribution in [2.24, 2.45) is 0 Å². The van der Waals surface area contributed by atoms with Gasteiger partial charge in [-0.1, -0.05) is 23.7 Å². The van der Waals surface area contributed by atoms with Gasteiger partial charge in [0.15, 0.2) is 0 Å². The highest BCUT2D eigenvalue weighted by Gasteiger charge is 2.19. The minimum atomic E-state index is -3.94. The van der Waals surface area contributed by atoms with Crippen LogP contribution in [-0.4, -0.2) is 30.9 Å². The van der Waals surface area contributed by atoms with Crippen LogP contribution in [-0.2, 0) is 14.8 Å². The van der Waals surface area contributed by atoms with Crippen LogP contribution in [0.5, 0.6) is 5.75 Å². The lowest BCUT2D eigenvalue weighted by molar-refractivity contribution is -0.119. The maximum atomic E-state index is 11.7. The van der Waals surface area contributed by atoms with Gasteiger partial charge in [0, 0.05) is 18.8 Å². The molecule has 0 aliphatic rings. The van der Waals surface area contributed by atoms with E-state index < -0.39 is 15.9 Å². The fraction of sp³-hybridized carbons (Fsp3) is 0.231. The Bertz CT molecular complexity index is 732. The van der Waals surface area contributed by atoms with Gasteiger partial charge in [0.2, 0.25) is 11.1 Å². The van der Waals surface area contributed by atoms with Crippen LogP contribution in [0, 0.1) is 0 Å². The van der Waals surface area contributed by atoms with Crippen molar-refractivity contribution >= 4 is 27.5 Å². The second-order valence-electron chi connectivity index (χ2n) is 4.31. The van der Waals surface area contributed by atoms with Gasteiger partial charge in [-0.15, -0.1) is 0 Å². The molecule has 1 heterocycles. The number of imidazole rings is 1. The number of aromatic amines is 1. The summed E-state index contributed by atoms with van der Waals surface area (Å²) in [6.07, 6.45) is 3.00. The summed E-state index contributed by atoms with van der Waals surface area (Å²) in [5.74, 6) is -0.105. The Hall–Kier alpha value is -2.06. The van der Waals surface area contributed by atoms with E-state index in [-0.39, 0.29) is 18.2 Å². The molecule has 0 unspecified atom stereocenters. The fourth-order valence-corrected chi connectivity index (χ4v) is 2.74. The maximum absolute atomic E-state index is 11.7. The normalized spacial score (nSPS) is 11.1. The molecule has 2 rings (SSSR count). The molecule has 7 nitrogen and oxygen atoms in total. The van der Waals surface area contributed by atoms with Crippen molar-refractivity contribution in [3.8, 4) is 5.75 Å². The molecule has 0 radical (unpaired) electrons. The monoisotopic (exact) mass is 343 g/mol. The first-order chi connectivity index (χ1) is 10.5. The second-order valence-corrected chi connectivity index (χ2v) is 6.31. The number of nitrogens with one attached hydrogen (secondary N) is 2. The molecule has 1 amide bonds.